The lowest BCUT2D eigenvalue weighted by Crippen LogP contribution is -2.13. The number of carbonyl (C=O) groups excluding carboxylic acids is 1. The standard InChI is InChI=1S/C24H18Cl2N2O3/c1-30-22-13-17(10-11-21(22)31-15-16-6-3-2-4-7-16)12-18(14-27)24(29)28-20-9-5-8-19(25)23(20)26/h2-13H,15H2,1H3,(H,28,29)/b18-12-. The molecule has 31 heavy (non-hydrogen) atoms. The van der Waals surface area contributed by atoms with Crippen molar-refractivity contribution >= 4 is 40.9 Å². The number of nitrogens with one attached hydrogen (secondary N) is 1. The summed E-state index contributed by atoms with van der Waals surface area (Å²) in [7, 11) is 1.53. The van der Waals surface area contributed by atoms with Gasteiger partial charge in [0.25, 0.3) is 5.91 Å². The number of anilines is 1. The van der Waals surface area contributed by atoms with Crippen LogP contribution in [0.3, 0.4) is 0 Å². The highest BCUT2D eigenvalue weighted by Gasteiger charge is 2.14. The van der Waals surface area contributed by atoms with Gasteiger partial charge in [0.05, 0.1) is 22.8 Å². The molecule has 0 unspecified atom stereocenters. The van der Waals surface area contributed by atoms with Crippen LogP contribution in [-0.4, -0.2) is 13.0 Å². The Balaban J connectivity index is 1.77. The molecule has 0 saturated carbocycles. The molecule has 0 radical (unpaired) electrons. The van der Waals surface area contributed by atoms with Crippen LogP contribution in [0, 0.1) is 11.3 Å². The Morgan fingerprint density at radius 3 is 2.55 bits per heavy atom. The first kappa shape index (κ1) is 22.2. The van der Waals surface area contributed by atoms with E-state index >= 15 is 0 Å². The van der Waals surface area contributed by atoms with Gasteiger partial charge in [-0.05, 0) is 41.5 Å². The van der Waals surface area contributed by atoms with Gasteiger partial charge in [-0.15, -0.1) is 0 Å². The van der Waals surface area contributed by atoms with Crippen molar-refractivity contribution in [3.63, 3.8) is 0 Å². The van der Waals surface area contributed by atoms with Gasteiger partial charge in [-0.2, -0.15) is 5.26 Å². The topological polar surface area (TPSA) is 71.3 Å². The van der Waals surface area contributed by atoms with Gasteiger partial charge in [0.15, 0.2) is 11.5 Å². The molecule has 0 saturated heterocycles. The van der Waals surface area contributed by atoms with Gasteiger partial charge in [-0.1, -0.05) is 65.7 Å². The maximum atomic E-state index is 12.5. The Morgan fingerprint density at radius 2 is 1.84 bits per heavy atom. The lowest BCUT2D eigenvalue weighted by atomic mass is 10.1. The number of nitriles is 1. The normalized spacial score (nSPS) is 10.8. The van der Waals surface area contributed by atoms with Crippen molar-refractivity contribution in [2.75, 3.05) is 12.4 Å². The van der Waals surface area contributed by atoms with Crippen LogP contribution in [0.5, 0.6) is 11.5 Å². The Labute approximate surface area is 190 Å². The molecule has 5 nitrogen and oxygen atoms in total. The highest BCUT2D eigenvalue weighted by Crippen LogP contribution is 2.31. The number of benzene rings is 3. The summed E-state index contributed by atoms with van der Waals surface area (Å²) in [6, 6.07) is 21.7. The van der Waals surface area contributed by atoms with E-state index in [4.69, 9.17) is 32.7 Å². The smallest absolute Gasteiger partial charge is 0.266 e. The fourth-order valence-electron chi connectivity index (χ4n) is 2.73. The van der Waals surface area contributed by atoms with Crippen molar-refractivity contribution in [3.05, 3.63) is 93.5 Å². The second-order valence-corrected chi connectivity index (χ2v) is 7.20. The van der Waals surface area contributed by atoms with Crippen LogP contribution in [0.2, 0.25) is 10.0 Å². The van der Waals surface area contributed by atoms with Gasteiger partial charge >= 0.3 is 0 Å². The minimum absolute atomic E-state index is 0.101. The van der Waals surface area contributed by atoms with E-state index in [0.29, 0.717) is 34.4 Å². The minimum Gasteiger partial charge on any atom is -0.493 e. The number of methoxy groups -OCH3 is 1. The highest BCUT2D eigenvalue weighted by atomic mass is 35.5. The van der Waals surface area contributed by atoms with Crippen molar-refractivity contribution in [2.45, 2.75) is 6.61 Å². The molecule has 3 rings (SSSR count). The third-order valence-corrected chi connectivity index (χ3v) is 5.12. The number of amides is 1. The van der Waals surface area contributed by atoms with Crippen LogP contribution < -0.4 is 14.8 Å². The largest absolute Gasteiger partial charge is 0.493 e. The molecule has 0 fully saturated rings. The quantitative estimate of drug-likeness (QED) is 0.345. The molecule has 0 aromatic heterocycles. The van der Waals surface area contributed by atoms with Gasteiger partial charge in [-0.25, -0.2) is 0 Å². The van der Waals surface area contributed by atoms with Crippen molar-refractivity contribution in [1.82, 2.24) is 0 Å². The zero-order chi connectivity index (χ0) is 22.2. The lowest BCUT2D eigenvalue weighted by molar-refractivity contribution is -0.112. The van der Waals surface area contributed by atoms with Crippen LogP contribution >= 0.6 is 23.2 Å². The van der Waals surface area contributed by atoms with Crippen LogP contribution in [0.25, 0.3) is 6.08 Å². The number of hydrogen-bond acceptors (Lipinski definition) is 4. The number of ether oxygens (including phenoxy) is 2. The average Bonchev–Trinajstić information content (AvgIpc) is 2.80. The van der Waals surface area contributed by atoms with Crippen LogP contribution in [0.1, 0.15) is 11.1 Å². The molecule has 7 heteroatoms. The second-order valence-electron chi connectivity index (χ2n) is 6.41. The molecule has 0 heterocycles. The summed E-state index contributed by atoms with van der Waals surface area (Å²) in [6.07, 6.45) is 1.46. The molecule has 3 aromatic carbocycles. The molecule has 0 aliphatic rings. The van der Waals surface area contributed by atoms with E-state index in [2.05, 4.69) is 5.32 Å². The Morgan fingerprint density at radius 1 is 1.06 bits per heavy atom. The molecule has 156 valence electrons. The molecule has 0 bridgehead atoms. The SMILES string of the molecule is COc1cc(/C=C(/C#N)C(=O)Nc2cccc(Cl)c2Cl)ccc1OCc1ccccc1. The van der Waals surface area contributed by atoms with Crippen molar-refractivity contribution in [2.24, 2.45) is 0 Å². The predicted molar refractivity (Wildman–Crippen MR) is 122 cm³/mol. The molecule has 3 aromatic rings. The molecule has 0 spiro atoms. The summed E-state index contributed by atoms with van der Waals surface area (Å²) in [4.78, 5) is 12.5. The van der Waals surface area contributed by atoms with Crippen molar-refractivity contribution in [1.29, 1.82) is 5.26 Å². The third kappa shape index (κ3) is 5.79. The monoisotopic (exact) mass is 452 g/mol. The molecule has 1 amide bonds. The third-order valence-electron chi connectivity index (χ3n) is 4.30. The first-order valence-corrected chi connectivity index (χ1v) is 9.99. The van der Waals surface area contributed by atoms with E-state index in [1.165, 1.54) is 13.2 Å². The van der Waals surface area contributed by atoms with E-state index in [1.807, 2.05) is 36.4 Å². The number of carbonyl (C=O) groups is 1. The minimum atomic E-state index is -0.602. The van der Waals surface area contributed by atoms with Crippen LogP contribution in [0.4, 0.5) is 5.69 Å². The maximum absolute atomic E-state index is 12.5. The number of rotatable bonds is 7. The molecular formula is C24H18Cl2N2O3. The average molecular weight is 453 g/mol. The summed E-state index contributed by atoms with van der Waals surface area (Å²) < 4.78 is 11.2. The summed E-state index contributed by atoms with van der Waals surface area (Å²) in [5, 5.41) is 12.6. The van der Waals surface area contributed by atoms with Gasteiger partial charge in [0.2, 0.25) is 0 Å². The molecular weight excluding hydrogens is 435 g/mol. The van der Waals surface area contributed by atoms with Crippen molar-refractivity contribution < 1.29 is 14.3 Å². The Bertz CT molecular complexity index is 1160. The Kier molecular flexibility index (Phi) is 7.55. The summed E-state index contributed by atoms with van der Waals surface area (Å²) in [6.45, 7) is 0.388. The lowest BCUT2D eigenvalue weighted by Gasteiger charge is -2.12. The van der Waals surface area contributed by atoms with Crippen molar-refractivity contribution in [3.8, 4) is 17.6 Å². The molecule has 1 N–H and O–H groups in total. The van der Waals surface area contributed by atoms with Crippen LogP contribution in [-0.2, 0) is 11.4 Å². The zero-order valence-corrected chi connectivity index (χ0v) is 18.1. The van der Waals surface area contributed by atoms with E-state index < -0.39 is 5.91 Å². The van der Waals surface area contributed by atoms with E-state index in [-0.39, 0.29) is 10.6 Å². The molecule has 0 atom stereocenters. The fourth-order valence-corrected chi connectivity index (χ4v) is 3.08. The number of nitrogens with zero attached hydrogens (tertiary/aromatic N) is 1. The van der Waals surface area contributed by atoms with Gasteiger partial charge in [0.1, 0.15) is 18.2 Å². The summed E-state index contributed by atoms with van der Waals surface area (Å²) >= 11 is 12.1. The molecule has 0 aliphatic carbocycles. The first-order chi connectivity index (χ1) is 15.0. The summed E-state index contributed by atoms with van der Waals surface area (Å²) in [5.74, 6) is 0.437. The highest BCUT2D eigenvalue weighted by molar-refractivity contribution is 6.44. The summed E-state index contributed by atoms with van der Waals surface area (Å²) in [5.41, 5.74) is 1.85. The van der Waals surface area contributed by atoms with E-state index in [0.717, 1.165) is 5.56 Å². The van der Waals surface area contributed by atoms with E-state index in [9.17, 15) is 10.1 Å². The number of hydrogen-bond donors (Lipinski definition) is 1. The number of halogens is 2. The van der Waals surface area contributed by atoms with Gasteiger partial charge in [0, 0.05) is 0 Å². The second kappa shape index (κ2) is 10.5. The first-order valence-electron chi connectivity index (χ1n) is 9.23. The predicted octanol–water partition coefficient (Wildman–Crippen LogP) is 6.13. The maximum Gasteiger partial charge on any atom is 0.266 e. The van der Waals surface area contributed by atoms with Gasteiger partial charge < -0.3 is 14.8 Å². The van der Waals surface area contributed by atoms with E-state index in [1.54, 1.807) is 36.4 Å². The zero-order valence-electron chi connectivity index (χ0n) is 16.6. The van der Waals surface area contributed by atoms with Crippen LogP contribution in [0.15, 0.2) is 72.3 Å². The van der Waals surface area contributed by atoms with Gasteiger partial charge in [-0.3, -0.25) is 4.79 Å². The Hall–Kier alpha value is -3.46. The molecule has 0 aliphatic heterocycles. The fraction of sp³-hybridized carbons (Fsp3) is 0.0833.